The van der Waals surface area contributed by atoms with E-state index in [-0.39, 0.29) is 11.0 Å². The van der Waals surface area contributed by atoms with Crippen molar-refractivity contribution < 1.29 is 9.90 Å². The smallest absolute Gasteiger partial charge is 0.337 e. The van der Waals surface area contributed by atoms with Crippen LogP contribution in [0.4, 0.5) is 0 Å². The quantitative estimate of drug-likeness (QED) is 0.929. The Labute approximate surface area is 117 Å². The van der Waals surface area contributed by atoms with Gasteiger partial charge < -0.3 is 5.11 Å². The van der Waals surface area contributed by atoms with E-state index in [1.165, 1.54) is 25.7 Å². The van der Waals surface area contributed by atoms with Crippen molar-refractivity contribution >= 4 is 17.0 Å². The van der Waals surface area contributed by atoms with E-state index in [0.717, 1.165) is 13.0 Å². The molecule has 0 saturated heterocycles. The van der Waals surface area contributed by atoms with Crippen molar-refractivity contribution in [2.24, 2.45) is 5.41 Å². The number of nitrogens with zero attached hydrogens (tertiary/aromatic N) is 3. The Bertz CT molecular complexity index is 642. The van der Waals surface area contributed by atoms with E-state index in [9.17, 15) is 9.90 Å². The van der Waals surface area contributed by atoms with Crippen LogP contribution in [0.5, 0.6) is 0 Å². The summed E-state index contributed by atoms with van der Waals surface area (Å²) >= 11 is 0. The summed E-state index contributed by atoms with van der Waals surface area (Å²) in [4.78, 5) is 11.4. The van der Waals surface area contributed by atoms with Gasteiger partial charge in [0.2, 0.25) is 0 Å². The molecule has 0 radical (unpaired) electrons. The van der Waals surface area contributed by atoms with Gasteiger partial charge in [-0.1, -0.05) is 31.0 Å². The molecule has 1 heterocycles. The fourth-order valence-corrected chi connectivity index (χ4v) is 3.38. The van der Waals surface area contributed by atoms with Crippen LogP contribution in [0.15, 0.2) is 18.2 Å². The highest BCUT2D eigenvalue weighted by atomic mass is 16.4. The zero-order valence-electron chi connectivity index (χ0n) is 11.7. The molecule has 1 aromatic heterocycles. The van der Waals surface area contributed by atoms with Gasteiger partial charge in [0.25, 0.3) is 0 Å². The number of hydrogen-bond acceptors (Lipinski definition) is 3. The van der Waals surface area contributed by atoms with Crippen LogP contribution in [-0.4, -0.2) is 26.1 Å². The van der Waals surface area contributed by atoms with Crippen molar-refractivity contribution in [1.82, 2.24) is 15.0 Å². The minimum Gasteiger partial charge on any atom is -0.478 e. The molecule has 1 saturated carbocycles. The van der Waals surface area contributed by atoms with Gasteiger partial charge in [-0.3, -0.25) is 0 Å². The predicted molar refractivity (Wildman–Crippen MR) is 75.7 cm³/mol. The first-order chi connectivity index (χ1) is 9.65. The largest absolute Gasteiger partial charge is 0.478 e. The average Bonchev–Trinajstić information content (AvgIpc) is 3.07. The fraction of sp³-hybridized carbons (Fsp3) is 0.533. The van der Waals surface area contributed by atoms with E-state index in [0.29, 0.717) is 11.0 Å². The Morgan fingerprint density at radius 1 is 1.40 bits per heavy atom. The molecule has 1 fully saturated rings. The molecule has 1 aliphatic carbocycles. The third kappa shape index (κ3) is 2.07. The van der Waals surface area contributed by atoms with Gasteiger partial charge in [-0.15, -0.1) is 5.10 Å². The second-order valence-corrected chi connectivity index (χ2v) is 5.79. The number of carboxylic acids is 1. The third-order valence-electron chi connectivity index (χ3n) is 4.66. The maximum Gasteiger partial charge on any atom is 0.337 e. The number of para-hydroxylation sites is 1. The summed E-state index contributed by atoms with van der Waals surface area (Å²) in [6.07, 6.45) is 6.00. The second kappa shape index (κ2) is 4.89. The van der Waals surface area contributed by atoms with E-state index < -0.39 is 5.97 Å². The molecule has 2 aromatic rings. The molecule has 1 aromatic carbocycles. The molecule has 106 valence electrons. The molecule has 0 bridgehead atoms. The van der Waals surface area contributed by atoms with Crippen LogP contribution in [0.1, 0.15) is 49.4 Å². The Kier molecular flexibility index (Phi) is 3.20. The highest BCUT2D eigenvalue weighted by Gasteiger charge is 2.33. The molecule has 0 amide bonds. The van der Waals surface area contributed by atoms with Crippen LogP contribution in [0.25, 0.3) is 11.0 Å². The van der Waals surface area contributed by atoms with E-state index in [2.05, 4.69) is 17.2 Å². The number of benzene rings is 1. The Morgan fingerprint density at radius 2 is 2.15 bits per heavy atom. The number of hydrogen-bond donors (Lipinski definition) is 1. The Hall–Kier alpha value is -1.91. The summed E-state index contributed by atoms with van der Waals surface area (Å²) in [7, 11) is 0. The van der Waals surface area contributed by atoms with Crippen molar-refractivity contribution in [2.75, 3.05) is 0 Å². The molecular weight excluding hydrogens is 254 g/mol. The SMILES string of the molecule is CCC1(Cn2nnc3cccc(C(=O)O)c32)CCCC1. The number of aromatic carboxylic acids is 1. The molecule has 3 rings (SSSR count). The molecule has 1 N–H and O–H groups in total. The first kappa shape index (κ1) is 13.1. The number of carboxylic acid groups (broad SMARTS) is 1. The molecule has 0 atom stereocenters. The van der Waals surface area contributed by atoms with Crippen molar-refractivity contribution in [3.63, 3.8) is 0 Å². The Morgan fingerprint density at radius 3 is 2.80 bits per heavy atom. The maximum atomic E-state index is 11.4. The van der Waals surface area contributed by atoms with Gasteiger partial charge in [-0.25, -0.2) is 9.48 Å². The van der Waals surface area contributed by atoms with E-state index in [4.69, 9.17) is 0 Å². The van der Waals surface area contributed by atoms with Crippen LogP contribution in [0.2, 0.25) is 0 Å². The highest BCUT2D eigenvalue weighted by molar-refractivity contribution is 6.00. The highest BCUT2D eigenvalue weighted by Crippen LogP contribution is 2.42. The summed E-state index contributed by atoms with van der Waals surface area (Å²) < 4.78 is 1.80. The molecule has 20 heavy (non-hydrogen) atoms. The van der Waals surface area contributed by atoms with Crippen molar-refractivity contribution in [3.8, 4) is 0 Å². The van der Waals surface area contributed by atoms with Crippen LogP contribution < -0.4 is 0 Å². The molecule has 0 spiro atoms. The van der Waals surface area contributed by atoms with Gasteiger partial charge in [-0.05, 0) is 36.8 Å². The van der Waals surface area contributed by atoms with E-state index in [1.807, 2.05) is 6.07 Å². The predicted octanol–water partition coefficient (Wildman–Crippen LogP) is 3.10. The standard InChI is InChI=1S/C15H19N3O2/c1-2-15(8-3-4-9-15)10-18-13-11(14(19)20)6-5-7-12(13)16-17-18/h5-7H,2-4,8-10H2,1H3,(H,19,20). The first-order valence-electron chi connectivity index (χ1n) is 7.21. The summed E-state index contributed by atoms with van der Waals surface area (Å²) in [5, 5.41) is 17.7. The minimum absolute atomic E-state index is 0.256. The zero-order valence-corrected chi connectivity index (χ0v) is 11.7. The average molecular weight is 273 g/mol. The van der Waals surface area contributed by atoms with E-state index in [1.54, 1.807) is 16.8 Å². The van der Waals surface area contributed by atoms with Gasteiger partial charge in [0.05, 0.1) is 5.56 Å². The van der Waals surface area contributed by atoms with Crippen LogP contribution in [0, 0.1) is 5.41 Å². The number of carbonyl (C=O) groups is 1. The van der Waals surface area contributed by atoms with Crippen molar-refractivity contribution in [3.05, 3.63) is 23.8 Å². The van der Waals surface area contributed by atoms with E-state index >= 15 is 0 Å². The first-order valence-corrected chi connectivity index (χ1v) is 7.21. The molecule has 1 aliphatic rings. The molecule has 5 heteroatoms. The fourth-order valence-electron chi connectivity index (χ4n) is 3.38. The molecular formula is C15H19N3O2. The van der Waals surface area contributed by atoms with Crippen molar-refractivity contribution in [2.45, 2.75) is 45.6 Å². The van der Waals surface area contributed by atoms with Crippen molar-refractivity contribution in [1.29, 1.82) is 0 Å². The summed E-state index contributed by atoms with van der Waals surface area (Å²) in [5.74, 6) is -0.920. The van der Waals surface area contributed by atoms with Crippen LogP contribution in [0.3, 0.4) is 0 Å². The molecule has 0 unspecified atom stereocenters. The minimum atomic E-state index is -0.920. The second-order valence-electron chi connectivity index (χ2n) is 5.79. The molecule has 0 aliphatic heterocycles. The van der Waals surface area contributed by atoms with Gasteiger partial charge in [-0.2, -0.15) is 0 Å². The summed E-state index contributed by atoms with van der Waals surface area (Å²) in [5.41, 5.74) is 1.86. The lowest BCUT2D eigenvalue weighted by atomic mass is 9.83. The number of fused-ring (bicyclic) bond motifs is 1. The lowest BCUT2D eigenvalue weighted by Gasteiger charge is -2.27. The summed E-state index contributed by atoms with van der Waals surface area (Å²) in [6.45, 7) is 2.98. The van der Waals surface area contributed by atoms with Gasteiger partial charge in [0.15, 0.2) is 0 Å². The van der Waals surface area contributed by atoms with Gasteiger partial charge in [0, 0.05) is 6.54 Å². The summed E-state index contributed by atoms with van der Waals surface area (Å²) in [6, 6.07) is 5.16. The third-order valence-corrected chi connectivity index (χ3v) is 4.66. The maximum absolute atomic E-state index is 11.4. The van der Waals surface area contributed by atoms with Gasteiger partial charge >= 0.3 is 5.97 Å². The lowest BCUT2D eigenvalue weighted by Crippen LogP contribution is -2.24. The van der Waals surface area contributed by atoms with Gasteiger partial charge in [0.1, 0.15) is 11.0 Å². The van der Waals surface area contributed by atoms with Crippen LogP contribution >= 0.6 is 0 Å². The zero-order chi connectivity index (χ0) is 14.2. The van der Waals surface area contributed by atoms with Crippen LogP contribution in [-0.2, 0) is 6.54 Å². The number of rotatable bonds is 4. The topological polar surface area (TPSA) is 68.0 Å². The number of aromatic nitrogens is 3. The molecule has 5 nitrogen and oxygen atoms in total. The Balaban J connectivity index is 2.06. The normalized spacial score (nSPS) is 17.6. The lowest BCUT2D eigenvalue weighted by molar-refractivity contribution is 0.0698. The monoisotopic (exact) mass is 273 g/mol.